The molecule has 6 nitrogen and oxygen atoms in total. The maximum atomic E-state index is 6.95. The normalized spacial score (nSPS) is 18.4. The van der Waals surface area contributed by atoms with Crippen LogP contribution in [0.1, 0.15) is 0 Å². The zero-order chi connectivity index (χ0) is 29.5. The lowest BCUT2D eigenvalue weighted by molar-refractivity contribution is -1.02. The summed E-state index contributed by atoms with van der Waals surface area (Å²) in [4.78, 5) is 5.16. The van der Waals surface area contributed by atoms with Gasteiger partial charge in [-0.3, -0.25) is 4.98 Å². The molecule has 0 fully saturated rings. The number of pyridine rings is 3. The van der Waals surface area contributed by atoms with E-state index in [-0.39, 0.29) is 0 Å². The summed E-state index contributed by atoms with van der Waals surface area (Å²) in [7, 11) is -2.80. The van der Waals surface area contributed by atoms with E-state index in [4.69, 9.17) is 9.72 Å². The zero-order valence-corrected chi connectivity index (χ0v) is 25.3. The van der Waals surface area contributed by atoms with E-state index in [2.05, 4.69) is 142 Å². The number of hydrogen-bond donors (Lipinski definition) is 0. The van der Waals surface area contributed by atoms with Crippen molar-refractivity contribution in [3.05, 3.63) is 134 Å². The molecule has 4 aromatic heterocycles. The van der Waals surface area contributed by atoms with Crippen molar-refractivity contribution in [3.8, 4) is 39.6 Å². The smallest absolute Gasteiger partial charge is 0.354 e. The van der Waals surface area contributed by atoms with Gasteiger partial charge in [0, 0.05) is 38.1 Å². The average molecular weight is 605 g/mol. The van der Waals surface area contributed by atoms with Crippen molar-refractivity contribution in [1.29, 1.82) is 0 Å². The fraction of sp³-hybridized carbons (Fsp3) is 0. The first-order valence-corrected chi connectivity index (χ1v) is 17.8. The standard InChI is InChI=1S/C39H22N5OSi/c1-3-15-30-23(9-1)24-10-2-4-16-31(24)46(30)32-18-17-29-38-36(32)43-35-33(46)19-20-40-34(35)26-12-8-22-42(39(26)43)44(38)37-25(11-7-14-28(37)45-29)27-13-5-6-21-41(27)44/h1-22H/q+3. The molecule has 8 aromatic rings. The molecule has 0 saturated heterocycles. The van der Waals surface area contributed by atoms with Crippen LogP contribution in [0.5, 0.6) is 11.5 Å². The lowest BCUT2D eigenvalue weighted by Crippen LogP contribution is -2.85. The van der Waals surface area contributed by atoms with Crippen LogP contribution in [0.4, 0.5) is 11.4 Å². The second kappa shape index (κ2) is 6.99. The number of nitrogens with zero attached hydrogens (tertiary/aromatic N) is 5. The van der Waals surface area contributed by atoms with Gasteiger partial charge in [0.15, 0.2) is 25.5 Å². The van der Waals surface area contributed by atoms with Crippen LogP contribution in [-0.4, -0.2) is 17.6 Å². The van der Waals surface area contributed by atoms with Gasteiger partial charge in [-0.05, 0) is 64.0 Å². The average Bonchev–Trinajstić information content (AvgIpc) is 3.72. The van der Waals surface area contributed by atoms with Crippen molar-refractivity contribution >= 4 is 62.3 Å². The van der Waals surface area contributed by atoms with Crippen molar-refractivity contribution < 1.29 is 14.1 Å². The van der Waals surface area contributed by atoms with E-state index in [0.29, 0.717) is 4.70 Å². The quantitative estimate of drug-likeness (QED) is 0.146. The van der Waals surface area contributed by atoms with Gasteiger partial charge >= 0.3 is 11.3 Å². The first-order chi connectivity index (χ1) is 22.8. The van der Waals surface area contributed by atoms with Crippen LogP contribution in [0.3, 0.4) is 0 Å². The van der Waals surface area contributed by atoms with Gasteiger partial charge in [0.2, 0.25) is 17.6 Å². The summed E-state index contributed by atoms with van der Waals surface area (Å²) in [6.45, 7) is 0. The minimum Gasteiger partial charge on any atom is -0.444 e. The van der Waals surface area contributed by atoms with E-state index in [1.165, 1.54) is 54.3 Å². The van der Waals surface area contributed by atoms with Crippen LogP contribution < -0.4 is 39.5 Å². The Kier molecular flexibility index (Phi) is 3.43. The molecule has 5 aliphatic rings. The van der Waals surface area contributed by atoms with Gasteiger partial charge in [-0.1, -0.05) is 60.7 Å². The first kappa shape index (κ1) is 22.6. The molecule has 4 aromatic carbocycles. The number of rotatable bonds is 0. The summed E-state index contributed by atoms with van der Waals surface area (Å²) in [5.41, 5.74) is 12.0. The maximum absolute atomic E-state index is 6.95. The summed E-state index contributed by atoms with van der Waals surface area (Å²) >= 11 is 0. The third-order valence-electron chi connectivity index (χ3n) is 11.2. The Hall–Kier alpha value is -5.89. The Morgan fingerprint density at radius 2 is 1.37 bits per heavy atom. The van der Waals surface area contributed by atoms with Gasteiger partial charge in [-0.15, -0.1) is 0 Å². The van der Waals surface area contributed by atoms with E-state index in [1.807, 2.05) is 6.20 Å². The SMILES string of the molecule is c1ccc2c(c1)-c1ccccc1[Si]21c2ccc3c4c2-n2c5c1ccnc5c1ccc[n+](c12)[N+]41c2c(cccc2-c2cccc[n+]21)O3. The molecule has 210 valence electrons. The number of aromatic nitrogens is 4. The maximum Gasteiger partial charge on any atom is 0.354 e. The summed E-state index contributed by atoms with van der Waals surface area (Å²) in [5.74, 6) is 1.78. The van der Waals surface area contributed by atoms with Gasteiger partial charge < -0.3 is 4.74 Å². The highest BCUT2D eigenvalue weighted by Gasteiger charge is 2.71. The Morgan fingerprint density at radius 1 is 0.609 bits per heavy atom. The van der Waals surface area contributed by atoms with E-state index >= 15 is 0 Å². The molecule has 0 saturated carbocycles. The Morgan fingerprint density at radius 3 is 2.24 bits per heavy atom. The molecule has 0 aliphatic carbocycles. The van der Waals surface area contributed by atoms with Gasteiger partial charge in [0.1, 0.15) is 21.2 Å². The molecule has 1 atom stereocenters. The number of quaternary nitrogens is 1. The fourth-order valence-corrected chi connectivity index (χ4v) is 15.4. The molecule has 7 heteroatoms. The van der Waals surface area contributed by atoms with Crippen LogP contribution in [0.2, 0.25) is 0 Å². The lowest BCUT2D eigenvalue weighted by atomic mass is 10.1. The molecular formula is C39H22N5OSi+3. The number of fused-ring (bicyclic) bond motifs is 10. The van der Waals surface area contributed by atoms with E-state index < -0.39 is 8.07 Å². The second-order valence-corrected chi connectivity index (χ2v) is 16.6. The topological polar surface area (TPSA) is 34.8 Å². The zero-order valence-electron chi connectivity index (χ0n) is 24.3. The number of benzene rings is 4. The van der Waals surface area contributed by atoms with Crippen LogP contribution in [0, 0.1) is 0 Å². The Bertz CT molecular complexity index is 2750. The third-order valence-corrected chi connectivity index (χ3v) is 16.2. The summed E-state index contributed by atoms with van der Waals surface area (Å²) < 4.78 is 14.7. The summed E-state index contributed by atoms with van der Waals surface area (Å²) in [5, 5.41) is 6.88. The number of ether oxygens (including phenoxy) is 1. The van der Waals surface area contributed by atoms with Gasteiger partial charge in [-0.25, -0.2) is 0 Å². The van der Waals surface area contributed by atoms with Crippen LogP contribution in [0.25, 0.3) is 50.1 Å². The third kappa shape index (κ3) is 2.00. The molecule has 0 radical (unpaired) electrons. The molecule has 0 N–H and O–H groups in total. The van der Waals surface area contributed by atoms with Crippen LogP contribution in [-0.2, 0) is 0 Å². The monoisotopic (exact) mass is 604 g/mol. The molecule has 0 bridgehead atoms. The molecule has 1 unspecified atom stereocenters. The largest absolute Gasteiger partial charge is 0.444 e. The van der Waals surface area contributed by atoms with Crippen molar-refractivity contribution in [2.24, 2.45) is 0 Å². The molecule has 2 spiro atoms. The molecule has 9 heterocycles. The highest BCUT2D eigenvalue weighted by molar-refractivity contribution is 7.23. The number of hydrogen-bond acceptors (Lipinski definition) is 2. The molecule has 46 heavy (non-hydrogen) atoms. The van der Waals surface area contributed by atoms with E-state index in [0.717, 1.165) is 39.4 Å². The Labute approximate surface area is 263 Å². The highest BCUT2D eigenvalue weighted by atomic mass is 28.3. The van der Waals surface area contributed by atoms with E-state index in [1.54, 1.807) is 0 Å². The lowest BCUT2D eigenvalue weighted by Gasteiger charge is -2.38. The summed E-state index contributed by atoms with van der Waals surface area (Å²) in [6.07, 6.45) is 6.53. The highest BCUT2D eigenvalue weighted by Crippen LogP contribution is 2.59. The summed E-state index contributed by atoms with van der Waals surface area (Å²) in [6, 6.07) is 42.7. The predicted octanol–water partition coefficient (Wildman–Crippen LogP) is 4.39. The number of para-hydroxylation sites is 1. The molecule has 5 aliphatic heterocycles. The molecular weight excluding hydrogens is 583 g/mol. The molecule has 0 amide bonds. The first-order valence-electron chi connectivity index (χ1n) is 15.8. The van der Waals surface area contributed by atoms with Crippen molar-refractivity contribution in [2.75, 3.05) is 0 Å². The van der Waals surface area contributed by atoms with Crippen molar-refractivity contribution in [1.82, 2.24) is 14.3 Å². The fourth-order valence-electron chi connectivity index (χ4n) is 9.87. The van der Waals surface area contributed by atoms with Crippen molar-refractivity contribution in [2.45, 2.75) is 0 Å². The minimum atomic E-state index is -2.80. The van der Waals surface area contributed by atoms with Crippen LogP contribution >= 0.6 is 0 Å². The van der Waals surface area contributed by atoms with Gasteiger partial charge in [0.05, 0.1) is 0 Å². The predicted molar refractivity (Wildman–Crippen MR) is 179 cm³/mol. The van der Waals surface area contributed by atoms with Gasteiger partial charge in [0.25, 0.3) is 11.4 Å². The Balaban J connectivity index is 1.37. The van der Waals surface area contributed by atoms with Crippen LogP contribution in [0.15, 0.2) is 134 Å². The molecule has 13 rings (SSSR count). The van der Waals surface area contributed by atoms with Gasteiger partial charge in [-0.2, -0.15) is 4.57 Å². The van der Waals surface area contributed by atoms with E-state index in [9.17, 15) is 0 Å². The second-order valence-electron chi connectivity index (χ2n) is 12.9. The van der Waals surface area contributed by atoms with Crippen molar-refractivity contribution in [3.63, 3.8) is 0 Å². The minimum absolute atomic E-state index is 0.372.